The Labute approximate surface area is 222 Å². The van der Waals surface area contributed by atoms with E-state index in [0.717, 1.165) is 61.8 Å². The lowest BCUT2D eigenvalue weighted by molar-refractivity contribution is -0.148. The number of thiazole rings is 1. The van der Waals surface area contributed by atoms with Gasteiger partial charge in [-0.3, -0.25) is 9.59 Å². The Bertz CT molecular complexity index is 1300. The fourth-order valence-electron chi connectivity index (χ4n) is 5.63. The summed E-state index contributed by atoms with van der Waals surface area (Å²) < 4.78 is 1.18. The first-order valence-corrected chi connectivity index (χ1v) is 14.1. The minimum Gasteiger partial charge on any atom is -0.383 e. The van der Waals surface area contributed by atoms with Gasteiger partial charge in [0.15, 0.2) is 0 Å². The number of carbonyl (C=O) groups is 2. The van der Waals surface area contributed by atoms with Gasteiger partial charge in [-0.05, 0) is 94.9 Å². The van der Waals surface area contributed by atoms with Gasteiger partial charge in [-0.25, -0.2) is 9.97 Å². The Morgan fingerprint density at radius 2 is 1.95 bits per heavy atom. The predicted molar refractivity (Wildman–Crippen MR) is 149 cm³/mol. The topological polar surface area (TPSA) is 104 Å². The van der Waals surface area contributed by atoms with Crippen molar-refractivity contribution in [3.05, 3.63) is 46.6 Å². The van der Waals surface area contributed by atoms with E-state index in [1.807, 2.05) is 13.8 Å². The van der Waals surface area contributed by atoms with Crippen LogP contribution in [0.1, 0.15) is 74.0 Å². The largest absolute Gasteiger partial charge is 0.383 e. The van der Waals surface area contributed by atoms with Crippen molar-refractivity contribution in [2.75, 3.05) is 31.2 Å². The highest BCUT2D eigenvalue weighted by molar-refractivity contribution is 7.18. The van der Waals surface area contributed by atoms with E-state index in [-0.39, 0.29) is 12.1 Å². The van der Waals surface area contributed by atoms with Crippen LogP contribution >= 0.6 is 11.3 Å². The molecule has 0 radical (unpaired) electrons. The van der Waals surface area contributed by atoms with Crippen LogP contribution < -0.4 is 11.1 Å². The molecule has 2 aliphatic heterocycles. The van der Waals surface area contributed by atoms with E-state index in [4.69, 9.17) is 10.7 Å². The number of nitrogens with zero attached hydrogens (tertiary/aromatic N) is 4. The highest BCUT2D eigenvalue weighted by Crippen LogP contribution is 2.38. The molecule has 2 fully saturated rings. The van der Waals surface area contributed by atoms with Gasteiger partial charge in [-0.1, -0.05) is 13.0 Å². The molecular weight excluding hydrogens is 484 g/mol. The Morgan fingerprint density at radius 1 is 1.16 bits per heavy atom. The molecule has 2 saturated heterocycles. The highest BCUT2D eigenvalue weighted by Gasteiger charge is 2.36. The van der Waals surface area contributed by atoms with Crippen LogP contribution in [0.15, 0.2) is 30.5 Å². The van der Waals surface area contributed by atoms with Crippen LogP contribution in [0, 0.1) is 0 Å². The molecular formula is C28H36N6O2S. The molecule has 3 aromatic rings. The van der Waals surface area contributed by atoms with Crippen LogP contribution in [0.2, 0.25) is 0 Å². The van der Waals surface area contributed by atoms with Gasteiger partial charge >= 0.3 is 11.8 Å². The lowest BCUT2D eigenvalue weighted by Gasteiger charge is -2.40. The fraction of sp³-hybridized carbons (Fsp3) is 0.500. The van der Waals surface area contributed by atoms with E-state index in [9.17, 15) is 9.59 Å². The fourth-order valence-corrected chi connectivity index (χ4v) is 6.75. The van der Waals surface area contributed by atoms with Crippen LogP contribution in [0.5, 0.6) is 0 Å². The number of nitrogens with one attached hydrogen (secondary N) is 1. The van der Waals surface area contributed by atoms with Crippen molar-refractivity contribution in [3.63, 3.8) is 0 Å². The maximum atomic E-state index is 13.5. The number of rotatable bonds is 4. The third kappa shape index (κ3) is 5.33. The maximum absolute atomic E-state index is 13.5. The zero-order valence-electron chi connectivity index (χ0n) is 21.9. The lowest BCUT2D eigenvalue weighted by atomic mass is 9.91. The summed E-state index contributed by atoms with van der Waals surface area (Å²) in [6, 6.07) is 7.96. The van der Waals surface area contributed by atoms with E-state index in [0.29, 0.717) is 23.8 Å². The number of nitrogen functional groups attached to an aromatic ring is 1. The summed E-state index contributed by atoms with van der Waals surface area (Å²) in [6.45, 7) is 6.21. The number of hydrogen-bond acceptors (Lipinski definition) is 7. The van der Waals surface area contributed by atoms with Gasteiger partial charge in [-0.2, -0.15) is 0 Å². The van der Waals surface area contributed by atoms with Gasteiger partial charge in [0.25, 0.3) is 0 Å². The molecule has 0 saturated carbocycles. The molecule has 2 aliphatic rings. The van der Waals surface area contributed by atoms with Gasteiger partial charge in [0.05, 0.1) is 33.2 Å². The van der Waals surface area contributed by atoms with Crippen LogP contribution in [0.3, 0.4) is 0 Å². The van der Waals surface area contributed by atoms with Gasteiger partial charge < -0.3 is 20.9 Å². The standard InChI is InChI=1S/C28H36N6O2S/c1-4-18-14-21(16-30-25(18)29)31-26(35)28(36)34-17(2)6-5-7-23(34)20-8-9-24-22(15-20)32-27(37-24)19-10-12-33(3)13-11-19/h8-9,14-17,19,23H,4-7,10-13H2,1-3H3,(H2,29,30)(H,31,35)/t17-,23+/m0/s1. The average Bonchev–Trinajstić information content (AvgIpc) is 3.33. The molecule has 196 valence electrons. The van der Waals surface area contributed by atoms with Gasteiger partial charge in [0.1, 0.15) is 5.82 Å². The number of carbonyl (C=O) groups excluding carboxylic acids is 2. The monoisotopic (exact) mass is 520 g/mol. The van der Waals surface area contributed by atoms with Crippen LogP contribution in [0.25, 0.3) is 10.2 Å². The van der Waals surface area contributed by atoms with E-state index in [1.165, 1.54) is 15.9 Å². The normalized spacial score (nSPS) is 21.3. The molecule has 2 aromatic heterocycles. The van der Waals surface area contributed by atoms with Crippen LogP contribution in [0.4, 0.5) is 11.5 Å². The smallest absolute Gasteiger partial charge is 0.313 e. The number of aryl methyl sites for hydroxylation is 1. The lowest BCUT2D eigenvalue weighted by Crippen LogP contribution is -2.48. The molecule has 0 bridgehead atoms. The number of benzene rings is 1. The number of fused-ring (bicyclic) bond motifs is 1. The molecule has 5 rings (SSSR count). The zero-order valence-corrected chi connectivity index (χ0v) is 22.7. The van der Waals surface area contributed by atoms with Gasteiger partial charge in [0.2, 0.25) is 0 Å². The molecule has 2 atom stereocenters. The second-order valence-electron chi connectivity index (χ2n) is 10.4. The number of amides is 2. The minimum absolute atomic E-state index is 0.0336. The van der Waals surface area contributed by atoms with E-state index >= 15 is 0 Å². The Balaban J connectivity index is 1.37. The van der Waals surface area contributed by atoms with Crippen molar-refractivity contribution >= 4 is 44.9 Å². The molecule has 0 aliphatic carbocycles. The molecule has 8 nitrogen and oxygen atoms in total. The van der Waals surface area contributed by atoms with Crippen molar-refractivity contribution in [2.24, 2.45) is 0 Å². The van der Waals surface area contributed by atoms with E-state index < -0.39 is 11.8 Å². The van der Waals surface area contributed by atoms with Crippen molar-refractivity contribution in [1.29, 1.82) is 0 Å². The summed E-state index contributed by atoms with van der Waals surface area (Å²) >= 11 is 1.79. The minimum atomic E-state index is -0.647. The van der Waals surface area contributed by atoms with E-state index in [1.54, 1.807) is 22.3 Å². The summed E-state index contributed by atoms with van der Waals surface area (Å²) in [5.41, 5.74) is 9.25. The zero-order chi connectivity index (χ0) is 26.1. The van der Waals surface area contributed by atoms with Crippen molar-refractivity contribution in [2.45, 2.75) is 70.4 Å². The number of piperidine rings is 2. The van der Waals surface area contributed by atoms with E-state index in [2.05, 4.69) is 40.4 Å². The average molecular weight is 521 g/mol. The first-order valence-electron chi connectivity index (χ1n) is 13.3. The number of likely N-dealkylation sites (tertiary alicyclic amines) is 2. The summed E-state index contributed by atoms with van der Waals surface area (Å²) in [6.07, 6.45) is 7.18. The SMILES string of the molecule is CCc1cc(NC(=O)C(=O)N2[C@@H](c3ccc4sc(C5CCN(C)CC5)nc4c3)CCC[C@@H]2C)cnc1N. The second-order valence-corrected chi connectivity index (χ2v) is 11.5. The molecule has 0 unspecified atom stereocenters. The van der Waals surface area contributed by atoms with Crippen molar-refractivity contribution in [3.8, 4) is 0 Å². The summed E-state index contributed by atoms with van der Waals surface area (Å²) in [4.78, 5) is 39.8. The van der Waals surface area contributed by atoms with Gasteiger partial charge in [0, 0.05) is 12.0 Å². The molecule has 2 amide bonds. The molecule has 9 heteroatoms. The predicted octanol–water partition coefficient (Wildman–Crippen LogP) is 4.73. The molecule has 3 N–H and O–H groups in total. The van der Waals surface area contributed by atoms with Crippen LogP contribution in [-0.2, 0) is 16.0 Å². The molecule has 37 heavy (non-hydrogen) atoms. The maximum Gasteiger partial charge on any atom is 0.313 e. The third-order valence-electron chi connectivity index (χ3n) is 7.86. The Morgan fingerprint density at radius 3 is 2.70 bits per heavy atom. The summed E-state index contributed by atoms with van der Waals surface area (Å²) in [5, 5.41) is 3.96. The second kappa shape index (κ2) is 10.8. The number of anilines is 2. The molecule has 4 heterocycles. The van der Waals surface area contributed by atoms with Gasteiger partial charge in [-0.15, -0.1) is 11.3 Å². The Kier molecular flexibility index (Phi) is 7.44. The third-order valence-corrected chi connectivity index (χ3v) is 9.06. The van der Waals surface area contributed by atoms with Crippen LogP contribution in [-0.4, -0.2) is 57.8 Å². The quantitative estimate of drug-likeness (QED) is 0.482. The summed E-state index contributed by atoms with van der Waals surface area (Å²) in [7, 11) is 2.17. The number of nitrogens with two attached hydrogens (primary N) is 1. The number of aromatic nitrogens is 2. The first kappa shape index (κ1) is 25.6. The molecule has 1 aromatic carbocycles. The number of pyridine rings is 1. The number of hydrogen-bond donors (Lipinski definition) is 2. The summed E-state index contributed by atoms with van der Waals surface area (Å²) in [5.74, 6) is -0.207. The highest BCUT2D eigenvalue weighted by atomic mass is 32.1. The Hall–Kier alpha value is -3.04. The molecule has 0 spiro atoms. The van der Waals surface area contributed by atoms with Crippen molar-refractivity contribution in [1.82, 2.24) is 19.8 Å². The first-order chi connectivity index (χ1) is 17.8. The van der Waals surface area contributed by atoms with Crippen molar-refractivity contribution < 1.29 is 9.59 Å².